The molecule has 7 heteroatoms. The second kappa shape index (κ2) is 9.52. The summed E-state index contributed by atoms with van der Waals surface area (Å²) in [6.07, 6.45) is 2.37. The molecule has 7 nitrogen and oxygen atoms in total. The average Bonchev–Trinajstić information content (AvgIpc) is 2.64. The number of carbonyl (C=O) groups is 2. The number of cyclic esters (lactones) is 1. The summed E-state index contributed by atoms with van der Waals surface area (Å²) >= 11 is 0. The molecule has 0 fully saturated rings. The maximum Gasteiger partial charge on any atom is 0.342 e. The second-order valence-corrected chi connectivity index (χ2v) is 6.87. The Hall–Kier alpha value is -2.64. The van der Waals surface area contributed by atoms with Gasteiger partial charge in [-0.2, -0.15) is 0 Å². The van der Waals surface area contributed by atoms with Crippen LogP contribution in [0.1, 0.15) is 43.1 Å². The Labute approximate surface area is 164 Å². The number of ether oxygens (including phenoxy) is 1. The number of phenols is 1. The molecule has 1 aromatic carbocycles. The highest BCUT2D eigenvalue weighted by Crippen LogP contribution is 2.29. The van der Waals surface area contributed by atoms with Crippen LogP contribution in [-0.2, 0) is 9.53 Å². The lowest BCUT2D eigenvalue weighted by Crippen LogP contribution is -2.32. The zero-order valence-electron chi connectivity index (χ0n) is 16.3. The minimum Gasteiger partial charge on any atom is -0.507 e. The number of hydrogen-bond acceptors (Lipinski definition) is 7. The van der Waals surface area contributed by atoms with Gasteiger partial charge in [0.1, 0.15) is 23.5 Å². The SMILES string of the molecule is CCNc1cc(O)c2c(c1)/C=C/C[C@H](O)C(O)C(=O)/C=C/[C@@H](C)[C@H](C)OC2=O. The minimum atomic E-state index is -1.55. The van der Waals surface area contributed by atoms with E-state index in [1.807, 2.05) is 6.92 Å². The average molecular weight is 389 g/mol. The number of nitrogens with one attached hydrogen (secondary N) is 1. The Kier molecular flexibility index (Phi) is 7.37. The Morgan fingerprint density at radius 2 is 1.89 bits per heavy atom. The topological polar surface area (TPSA) is 116 Å². The molecule has 1 heterocycles. The van der Waals surface area contributed by atoms with Crippen molar-refractivity contribution in [2.24, 2.45) is 5.92 Å². The summed E-state index contributed by atoms with van der Waals surface area (Å²) in [5, 5.41) is 33.5. The molecule has 4 atom stereocenters. The first-order chi connectivity index (χ1) is 13.2. The van der Waals surface area contributed by atoms with Gasteiger partial charge >= 0.3 is 5.97 Å². The van der Waals surface area contributed by atoms with Crippen LogP contribution in [0.15, 0.2) is 30.4 Å². The van der Waals surface area contributed by atoms with E-state index in [0.717, 1.165) is 0 Å². The number of fused-ring (bicyclic) bond motifs is 1. The van der Waals surface area contributed by atoms with Crippen molar-refractivity contribution in [1.82, 2.24) is 0 Å². The van der Waals surface area contributed by atoms with Crippen molar-refractivity contribution in [2.45, 2.75) is 45.5 Å². The summed E-state index contributed by atoms with van der Waals surface area (Å²) in [6.45, 7) is 5.96. The van der Waals surface area contributed by atoms with Gasteiger partial charge in [-0.3, -0.25) is 4.79 Å². The third-order valence-corrected chi connectivity index (χ3v) is 4.66. The lowest BCUT2D eigenvalue weighted by molar-refractivity contribution is -0.127. The van der Waals surface area contributed by atoms with Crippen LogP contribution in [0.3, 0.4) is 0 Å². The third kappa shape index (κ3) is 5.21. The smallest absolute Gasteiger partial charge is 0.342 e. The molecule has 0 saturated heterocycles. The first-order valence-corrected chi connectivity index (χ1v) is 9.31. The molecule has 0 saturated carbocycles. The van der Waals surface area contributed by atoms with Gasteiger partial charge in [-0.25, -0.2) is 4.79 Å². The van der Waals surface area contributed by atoms with E-state index in [2.05, 4.69) is 5.32 Å². The highest BCUT2D eigenvalue weighted by molar-refractivity contribution is 5.97. The number of anilines is 1. The van der Waals surface area contributed by atoms with Crippen LogP contribution in [0, 0.1) is 5.92 Å². The van der Waals surface area contributed by atoms with Crippen LogP contribution in [0.25, 0.3) is 6.08 Å². The van der Waals surface area contributed by atoms with Crippen LogP contribution >= 0.6 is 0 Å². The van der Waals surface area contributed by atoms with Crippen LogP contribution in [0.5, 0.6) is 5.75 Å². The molecule has 1 aliphatic rings. The molecular weight excluding hydrogens is 362 g/mol. The second-order valence-electron chi connectivity index (χ2n) is 6.87. The van der Waals surface area contributed by atoms with Crippen molar-refractivity contribution in [3.05, 3.63) is 41.5 Å². The zero-order valence-corrected chi connectivity index (χ0v) is 16.3. The van der Waals surface area contributed by atoms with Crippen LogP contribution < -0.4 is 5.32 Å². The van der Waals surface area contributed by atoms with Gasteiger partial charge in [0, 0.05) is 24.2 Å². The van der Waals surface area contributed by atoms with Crippen LogP contribution in [0.4, 0.5) is 5.69 Å². The molecule has 0 aliphatic carbocycles. The largest absolute Gasteiger partial charge is 0.507 e. The van der Waals surface area contributed by atoms with E-state index in [9.17, 15) is 24.9 Å². The fourth-order valence-corrected chi connectivity index (χ4v) is 2.80. The van der Waals surface area contributed by atoms with Crippen molar-refractivity contribution in [3.63, 3.8) is 0 Å². The Morgan fingerprint density at radius 3 is 2.57 bits per heavy atom. The number of carbonyl (C=O) groups excluding carboxylic acids is 2. The number of aromatic hydroxyl groups is 1. The molecular formula is C21H27NO6. The maximum absolute atomic E-state index is 12.7. The number of rotatable bonds is 2. The molecule has 0 radical (unpaired) electrons. The molecule has 0 bridgehead atoms. The van der Waals surface area contributed by atoms with E-state index in [4.69, 9.17) is 4.74 Å². The quantitative estimate of drug-likeness (QED) is 0.573. The molecule has 0 amide bonds. The number of esters is 1. The van der Waals surface area contributed by atoms with Gasteiger partial charge < -0.3 is 25.4 Å². The Bertz CT molecular complexity index is 785. The summed E-state index contributed by atoms with van der Waals surface area (Å²) in [4.78, 5) is 24.7. The van der Waals surface area contributed by atoms with Gasteiger partial charge in [0.2, 0.25) is 0 Å². The Balaban J connectivity index is 2.50. The molecule has 1 aliphatic heterocycles. The predicted octanol–water partition coefficient (Wildman–Crippen LogP) is 2.27. The fraction of sp³-hybridized carbons (Fsp3) is 0.429. The van der Waals surface area contributed by atoms with E-state index in [1.54, 1.807) is 26.0 Å². The van der Waals surface area contributed by atoms with E-state index in [-0.39, 0.29) is 23.7 Å². The van der Waals surface area contributed by atoms with Gasteiger partial charge in [-0.1, -0.05) is 25.2 Å². The van der Waals surface area contributed by atoms with Gasteiger partial charge in [-0.05, 0) is 38.0 Å². The normalized spacial score (nSPS) is 28.6. The highest BCUT2D eigenvalue weighted by atomic mass is 16.5. The van der Waals surface area contributed by atoms with Crippen molar-refractivity contribution < 1.29 is 29.6 Å². The van der Waals surface area contributed by atoms with Crippen molar-refractivity contribution in [2.75, 3.05) is 11.9 Å². The fourth-order valence-electron chi connectivity index (χ4n) is 2.80. The van der Waals surface area contributed by atoms with Gasteiger partial charge in [0.25, 0.3) is 0 Å². The Morgan fingerprint density at radius 1 is 1.18 bits per heavy atom. The van der Waals surface area contributed by atoms with E-state index in [1.165, 1.54) is 24.3 Å². The molecule has 152 valence electrons. The first-order valence-electron chi connectivity index (χ1n) is 9.31. The first kappa shape index (κ1) is 21.7. The lowest BCUT2D eigenvalue weighted by atomic mass is 9.99. The zero-order chi connectivity index (χ0) is 20.8. The number of aliphatic hydroxyl groups excluding tert-OH is 2. The van der Waals surface area contributed by atoms with Crippen LogP contribution in [-0.4, -0.2) is 51.9 Å². The molecule has 4 N–H and O–H groups in total. The molecule has 1 aromatic rings. The molecule has 1 unspecified atom stereocenters. The van der Waals surface area contributed by atoms with Crippen molar-refractivity contribution >= 4 is 23.5 Å². The third-order valence-electron chi connectivity index (χ3n) is 4.66. The van der Waals surface area contributed by atoms with E-state index in [0.29, 0.717) is 17.8 Å². The maximum atomic E-state index is 12.7. The molecule has 0 aromatic heterocycles. The lowest BCUT2D eigenvalue weighted by Gasteiger charge is -2.20. The number of aliphatic hydroxyl groups is 2. The van der Waals surface area contributed by atoms with Gasteiger partial charge in [0.15, 0.2) is 5.78 Å². The number of benzene rings is 1. The number of phenolic OH excluding ortho intramolecular Hbond substituents is 1. The van der Waals surface area contributed by atoms with Gasteiger partial charge in [-0.15, -0.1) is 0 Å². The summed E-state index contributed by atoms with van der Waals surface area (Å²) in [5.74, 6) is -1.84. The van der Waals surface area contributed by atoms with Crippen molar-refractivity contribution in [3.8, 4) is 5.75 Å². The predicted molar refractivity (Wildman–Crippen MR) is 106 cm³/mol. The molecule has 28 heavy (non-hydrogen) atoms. The molecule has 0 spiro atoms. The van der Waals surface area contributed by atoms with E-state index >= 15 is 0 Å². The van der Waals surface area contributed by atoms with Crippen molar-refractivity contribution in [1.29, 1.82) is 0 Å². The summed E-state index contributed by atoms with van der Waals surface area (Å²) in [5.41, 5.74) is 1.04. The van der Waals surface area contributed by atoms with E-state index < -0.39 is 30.1 Å². The van der Waals surface area contributed by atoms with Crippen LogP contribution in [0.2, 0.25) is 0 Å². The van der Waals surface area contributed by atoms with Gasteiger partial charge in [0.05, 0.1) is 6.10 Å². The monoisotopic (exact) mass is 389 g/mol. The summed E-state index contributed by atoms with van der Waals surface area (Å²) in [6, 6.07) is 3.13. The highest BCUT2D eigenvalue weighted by Gasteiger charge is 2.25. The standard InChI is InChI=1S/C21H27NO6/c1-4-22-15-10-14-6-5-7-16(23)20(26)17(24)9-8-12(2)13(3)28-21(27)19(14)18(25)11-15/h5-6,8-13,16,20,22-23,25-26H,4,7H2,1-3H3/b6-5+,9-8+/t12-,13+,16+,20?/m1/s1. The number of ketones is 1. The summed E-state index contributed by atoms with van der Waals surface area (Å²) in [7, 11) is 0. The summed E-state index contributed by atoms with van der Waals surface area (Å²) < 4.78 is 5.47. The minimum absolute atomic E-state index is 0.00656. The number of hydrogen-bond donors (Lipinski definition) is 4. The molecule has 2 rings (SSSR count).